The van der Waals surface area contributed by atoms with E-state index in [0.29, 0.717) is 5.69 Å². The van der Waals surface area contributed by atoms with Crippen molar-refractivity contribution < 1.29 is 14.7 Å². The fourth-order valence-electron chi connectivity index (χ4n) is 1.20. The van der Waals surface area contributed by atoms with Crippen molar-refractivity contribution in [2.24, 2.45) is 0 Å². The molecule has 0 aliphatic carbocycles. The Morgan fingerprint density at radius 3 is 2.47 bits per heavy atom. The Hall–Kier alpha value is -1.55. The van der Waals surface area contributed by atoms with E-state index in [1.54, 1.807) is 26.0 Å². The van der Waals surface area contributed by atoms with E-state index in [2.05, 4.69) is 0 Å². The minimum Gasteiger partial charge on any atom is -0.528 e. The van der Waals surface area contributed by atoms with Crippen molar-refractivity contribution in [3.8, 4) is 0 Å². The van der Waals surface area contributed by atoms with Crippen molar-refractivity contribution in [1.29, 1.82) is 0 Å². The van der Waals surface area contributed by atoms with Gasteiger partial charge in [-0.1, -0.05) is 18.2 Å². The molecule has 0 aliphatic rings. The molecule has 4 heteroatoms. The van der Waals surface area contributed by atoms with Crippen molar-refractivity contribution in [3.63, 3.8) is 0 Å². The summed E-state index contributed by atoms with van der Waals surface area (Å²) in [7, 11) is 0. The zero-order valence-electron chi connectivity index (χ0n) is 9.06. The maximum atomic E-state index is 10.9. The quantitative estimate of drug-likeness (QED) is 0.707. The van der Waals surface area contributed by atoms with Crippen LogP contribution in [0.4, 0.5) is 10.5 Å². The van der Waals surface area contributed by atoms with E-state index in [1.807, 2.05) is 19.1 Å². The van der Waals surface area contributed by atoms with Gasteiger partial charge in [0.15, 0.2) is 6.09 Å². The molecule has 0 N–H and O–H groups in total. The van der Waals surface area contributed by atoms with Crippen molar-refractivity contribution in [3.05, 3.63) is 29.8 Å². The second-order valence-corrected chi connectivity index (χ2v) is 3.50. The second-order valence-electron chi connectivity index (χ2n) is 3.50. The third-order valence-corrected chi connectivity index (χ3v) is 1.82. The van der Waals surface area contributed by atoms with Gasteiger partial charge >= 0.3 is 0 Å². The SMILES string of the molecule is Cc1ccccc1N(OC(C)C)C(=O)[O-]. The van der Waals surface area contributed by atoms with E-state index >= 15 is 0 Å². The standard InChI is InChI=1S/C11H15NO3/c1-8(2)15-12(11(13)14)10-7-5-4-6-9(10)3/h4-8H,1-3H3,(H,13,14)/p-1. The Morgan fingerprint density at radius 2 is 2.00 bits per heavy atom. The molecule has 0 aromatic heterocycles. The lowest BCUT2D eigenvalue weighted by molar-refractivity contribution is -0.256. The Morgan fingerprint density at radius 1 is 1.40 bits per heavy atom. The highest BCUT2D eigenvalue weighted by Gasteiger charge is 2.12. The predicted molar refractivity (Wildman–Crippen MR) is 55.3 cm³/mol. The zero-order valence-corrected chi connectivity index (χ0v) is 9.06. The number of benzene rings is 1. The average Bonchev–Trinajstić information content (AvgIpc) is 2.15. The van der Waals surface area contributed by atoms with E-state index in [-0.39, 0.29) is 6.10 Å². The topological polar surface area (TPSA) is 52.6 Å². The van der Waals surface area contributed by atoms with Gasteiger partial charge in [-0.2, -0.15) is 0 Å². The minimum absolute atomic E-state index is 0.220. The molecule has 15 heavy (non-hydrogen) atoms. The molecule has 0 aliphatic heterocycles. The molecule has 1 aromatic carbocycles. The Balaban J connectivity index is 2.99. The van der Waals surface area contributed by atoms with Crippen LogP contribution in [-0.4, -0.2) is 12.2 Å². The molecule has 0 spiro atoms. The molecule has 0 unspecified atom stereocenters. The zero-order chi connectivity index (χ0) is 11.4. The molecule has 0 heterocycles. The average molecular weight is 208 g/mol. The molecule has 0 saturated heterocycles. The van der Waals surface area contributed by atoms with Crippen molar-refractivity contribution in [1.82, 2.24) is 0 Å². The van der Waals surface area contributed by atoms with Gasteiger partial charge < -0.3 is 9.90 Å². The normalized spacial score (nSPS) is 10.4. The van der Waals surface area contributed by atoms with Gasteiger partial charge in [0.05, 0.1) is 11.8 Å². The van der Waals surface area contributed by atoms with Crippen molar-refractivity contribution in [2.75, 3.05) is 5.06 Å². The van der Waals surface area contributed by atoms with Gasteiger partial charge in [0.2, 0.25) is 0 Å². The van der Waals surface area contributed by atoms with Crippen LogP contribution in [0.5, 0.6) is 0 Å². The van der Waals surface area contributed by atoms with Gasteiger partial charge in [0.1, 0.15) is 0 Å². The minimum atomic E-state index is -1.36. The van der Waals surface area contributed by atoms with Gasteiger partial charge in [-0.05, 0) is 32.4 Å². The van der Waals surface area contributed by atoms with Crippen LogP contribution in [0, 0.1) is 6.92 Å². The molecular formula is C11H14NO3-. The molecule has 1 amide bonds. The molecule has 4 nitrogen and oxygen atoms in total. The summed E-state index contributed by atoms with van der Waals surface area (Å²) in [5.74, 6) is 0. The molecule has 1 rings (SSSR count). The highest BCUT2D eigenvalue weighted by molar-refractivity contribution is 5.83. The van der Waals surface area contributed by atoms with Crippen LogP contribution in [0.2, 0.25) is 0 Å². The fourth-order valence-corrected chi connectivity index (χ4v) is 1.20. The molecule has 82 valence electrons. The summed E-state index contributed by atoms with van der Waals surface area (Å²) in [6.07, 6.45) is -1.58. The molecule has 0 fully saturated rings. The Labute approximate surface area is 89.0 Å². The lowest BCUT2D eigenvalue weighted by Crippen LogP contribution is -2.43. The van der Waals surface area contributed by atoms with Crippen LogP contribution in [0.3, 0.4) is 0 Å². The lowest BCUT2D eigenvalue weighted by Gasteiger charge is -2.27. The molecule has 0 atom stereocenters. The highest BCUT2D eigenvalue weighted by Crippen LogP contribution is 2.20. The van der Waals surface area contributed by atoms with Crippen LogP contribution < -0.4 is 10.2 Å². The summed E-state index contributed by atoms with van der Waals surface area (Å²) >= 11 is 0. The number of hydrogen-bond donors (Lipinski definition) is 0. The molecular weight excluding hydrogens is 194 g/mol. The lowest BCUT2D eigenvalue weighted by atomic mass is 10.2. The summed E-state index contributed by atoms with van der Waals surface area (Å²) in [5, 5.41) is 11.7. The van der Waals surface area contributed by atoms with Crippen LogP contribution >= 0.6 is 0 Å². The Kier molecular flexibility index (Phi) is 3.68. The third-order valence-electron chi connectivity index (χ3n) is 1.82. The first-order valence-corrected chi connectivity index (χ1v) is 4.76. The number of aryl methyl sites for hydroxylation is 1. The number of hydroxylamine groups is 1. The largest absolute Gasteiger partial charge is 0.528 e. The van der Waals surface area contributed by atoms with Gasteiger partial charge in [-0.15, -0.1) is 0 Å². The number of carboxylic acid groups (broad SMARTS) is 1. The van der Waals surface area contributed by atoms with E-state index < -0.39 is 6.09 Å². The van der Waals surface area contributed by atoms with Crippen LogP contribution in [0.1, 0.15) is 19.4 Å². The summed E-state index contributed by atoms with van der Waals surface area (Å²) in [6.45, 7) is 5.33. The van der Waals surface area contributed by atoms with Gasteiger partial charge in [0, 0.05) is 0 Å². The van der Waals surface area contributed by atoms with Gasteiger partial charge in [0.25, 0.3) is 0 Å². The number of hydrogen-bond acceptors (Lipinski definition) is 3. The molecule has 0 radical (unpaired) electrons. The number of carbonyl (C=O) groups excluding carboxylic acids is 1. The smallest absolute Gasteiger partial charge is 0.168 e. The first kappa shape index (κ1) is 11.5. The Bertz CT molecular complexity index is 349. The number of para-hydroxylation sites is 1. The number of rotatable bonds is 3. The van der Waals surface area contributed by atoms with E-state index in [4.69, 9.17) is 4.84 Å². The van der Waals surface area contributed by atoms with Crippen LogP contribution in [0.15, 0.2) is 24.3 Å². The van der Waals surface area contributed by atoms with Crippen molar-refractivity contribution in [2.45, 2.75) is 26.9 Å². The first-order chi connectivity index (χ1) is 7.02. The maximum Gasteiger partial charge on any atom is 0.168 e. The predicted octanol–water partition coefficient (Wildman–Crippen LogP) is 1.48. The second kappa shape index (κ2) is 4.79. The summed E-state index contributed by atoms with van der Waals surface area (Å²) in [5.41, 5.74) is 1.31. The van der Waals surface area contributed by atoms with Gasteiger partial charge in [-0.25, -0.2) is 5.06 Å². The van der Waals surface area contributed by atoms with E-state index in [1.165, 1.54) is 0 Å². The number of anilines is 1. The third kappa shape index (κ3) is 2.95. The molecule has 0 bridgehead atoms. The maximum absolute atomic E-state index is 10.9. The molecule has 1 aromatic rings. The number of nitrogens with zero attached hydrogens (tertiary/aromatic N) is 1. The number of amides is 1. The summed E-state index contributed by atoms with van der Waals surface area (Å²) in [6, 6.07) is 7.08. The number of carbonyl (C=O) groups is 1. The summed E-state index contributed by atoms with van der Waals surface area (Å²) in [4.78, 5) is 16.0. The summed E-state index contributed by atoms with van der Waals surface area (Å²) < 4.78 is 0. The van der Waals surface area contributed by atoms with E-state index in [9.17, 15) is 9.90 Å². The van der Waals surface area contributed by atoms with Crippen LogP contribution in [0.25, 0.3) is 0 Å². The van der Waals surface area contributed by atoms with Crippen molar-refractivity contribution >= 4 is 11.8 Å². The molecule has 0 saturated carbocycles. The highest BCUT2D eigenvalue weighted by atomic mass is 16.7. The van der Waals surface area contributed by atoms with E-state index in [0.717, 1.165) is 10.6 Å². The fraction of sp³-hybridized carbons (Fsp3) is 0.364. The van der Waals surface area contributed by atoms with Crippen LogP contribution in [-0.2, 0) is 4.84 Å². The first-order valence-electron chi connectivity index (χ1n) is 4.76. The van der Waals surface area contributed by atoms with Gasteiger partial charge in [-0.3, -0.25) is 4.84 Å². The monoisotopic (exact) mass is 208 g/mol.